The number of aliphatic hydroxyl groups excluding tert-OH is 1. The van der Waals surface area contributed by atoms with Crippen molar-refractivity contribution in [3.63, 3.8) is 0 Å². The number of nitrogens with one attached hydrogen (secondary N) is 1. The first kappa shape index (κ1) is 15.8. The number of hydrogen-bond acceptors (Lipinski definition) is 3. The minimum absolute atomic E-state index is 0.356. The molecule has 122 valence electrons. The zero-order valence-corrected chi connectivity index (χ0v) is 13.8. The summed E-state index contributed by atoms with van der Waals surface area (Å²) in [5.41, 5.74) is 0. The Kier molecular flexibility index (Phi) is 5.58. The van der Waals surface area contributed by atoms with Gasteiger partial charge in [-0.25, -0.2) is 0 Å². The first-order chi connectivity index (χ1) is 10.3. The minimum Gasteiger partial charge on any atom is -0.396 e. The molecule has 0 radical (unpaired) electrons. The Labute approximate surface area is 130 Å². The van der Waals surface area contributed by atoms with Crippen molar-refractivity contribution >= 4 is 0 Å². The minimum atomic E-state index is 0.356. The molecule has 0 spiro atoms. The predicted octanol–water partition coefficient (Wildman–Crippen LogP) is 2.78. The van der Waals surface area contributed by atoms with E-state index < -0.39 is 0 Å². The molecule has 3 heteroatoms. The summed E-state index contributed by atoms with van der Waals surface area (Å²) in [5, 5.41) is 13.3. The van der Waals surface area contributed by atoms with Gasteiger partial charge in [0.15, 0.2) is 0 Å². The van der Waals surface area contributed by atoms with Crippen LogP contribution in [0, 0.1) is 11.8 Å². The van der Waals surface area contributed by atoms with E-state index in [9.17, 15) is 5.11 Å². The summed E-state index contributed by atoms with van der Waals surface area (Å²) >= 11 is 0. The van der Waals surface area contributed by atoms with Crippen molar-refractivity contribution < 1.29 is 5.11 Å². The Hall–Kier alpha value is -0.120. The monoisotopic (exact) mass is 294 g/mol. The van der Waals surface area contributed by atoms with Crippen molar-refractivity contribution in [2.75, 3.05) is 19.7 Å². The normalized spacial score (nSPS) is 33.4. The maximum absolute atomic E-state index is 9.35. The lowest BCUT2D eigenvalue weighted by atomic mass is 9.89. The maximum atomic E-state index is 9.35. The molecule has 3 nitrogen and oxygen atoms in total. The smallest absolute Gasteiger partial charge is 0.0434 e. The molecular weight excluding hydrogens is 260 g/mol. The summed E-state index contributed by atoms with van der Waals surface area (Å²) in [5.74, 6) is 1.66. The first-order valence-electron chi connectivity index (χ1n) is 9.41. The zero-order valence-electron chi connectivity index (χ0n) is 13.8. The fourth-order valence-corrected chi connectivity index (χ4v) is 4.82. The molecular formula is C18H34N2O. The SMILES string of the molecule is CCC(C1CC1)N1CC(CCO)CC(NC2CCCC2)C1. The third-order valence-electron chi connectivity index (χ3n) is 5.98. The van der Waals surface area contributed by atoms with E-state index >= 15 is 0 Å². The Balaban J connectivity index is 1.59. The van der Waals surface area contributed by atoms with Gasteiger partial charge in [-0.15, -0.1) is 0 Å². The second kappa shape index (κ2) is 7.43. The highest BCUT2D eigenvalue weighted by molar-refractivity contribution is 4.94. The number of piperidine rings is 1. The van der Waals surface area contributed by atoms with Crippen molar-refractivity contribution in [1.29, 1.82) is 0 Å². The summed E-state index contributed by atoms with van der Waals surface area (Å²) < 4.78 is 0. The van der Waals surface area contributed by atoms with E-state index in [4.69, 9.17) is 0 Å². The average Bonchev–Trinajstić information content (AvgIpc) is 3.17. The van der Waals surface area contributed by atoms with E-state index in [1.54, 1.807) is 0 Å². The van der Waals surface area contributed by atoms with Gasteiger partial charge in [0.25, 0.3) is 0 Å². The Morgan fingerprint density at radius 3 is 2.48 bits per heavy atom. The lowest BCUT2D eigenvalue weighted by molar-refractivity contribution is 0.0700. The molecule has 0 bridgehead atoms. The fourth-order valence-electron chi connectivity index (χ4n) is 4.82. The van der Waals surface area contributed by atoms with Gasteiger partial charge in [0.1, 0.15) is 0 Å². The third-order valence-corrected chi connectivity index (χ3v) is 5.98. The van der Waals surface area contributed by atoms with E-state index in [0.29, 0.717) is 18.6 Å². The Morgan fingerprint density at radius 1 is 1.10 bits per heavy atom. The van der Waals surface area contributed by atoms with Crippen LogP contribution in [0.15, 0.2) is 0 Å². The van der Waals surface area contributed by atoms with Gasteiger partial charge in [-0.05, 0) is 56.8 Å². The van der Waals surface area contributed by atoms with Gasteiger partial charge in [0.2, 0.25) is 0 Å². The van der Waals surface area contributed by atoms with Crippen LogP contribution >= 0.6 is 0 Å². The van der Waals surface area contributed by atoms with Crippen LogP contribution in [-0.2, 0) is 0 Å². The second-order valence-corrected chi connectivity index (χ2v) is 7.73. The Bertz CT molecular complexity index is 312. The van der Waals surface area contributed by atoms with Crippen molar-refractivity contribution in [2.45, 2.75) is 82.8 Å². The standard InChI is InChI=1S/C18H34N2O/c1-2-18(15-7-8-15)20-12-14(9-10-21)11-17(13-20)19-16-5-3-4-6-16/h14-19,21H,2-13H2,1H3. The van der Waals surface area contributed by atoms with Crippen LogP contribution in [-0.4, -0.2) is 47.8 Å². The van der Waals surface area contributed by atoms with E-state index in [2.05, 4.69) is 17.1 Å². The van der Waals surface area contributed by atoms with Crippen LogP contribution in [0.4, 0.5) is 0 Å². The van der Waals surface area contributed by atoms with Crippen LogP contribution in [0.2, 0.25) is 0 Å². The van der Waals surface area contributed by atoms with Gasteiger partial charge < -0.3 is 10.4 Å². The molecule has 21 heavy (non-hydrogen) atoms. The quantitative estimate of drug-likeness (QED) is 0.758. The van der Waals surface area contributed by atoms with E-state index in [1.807, 2.05) is 0 Å². The summed E-state index contributed by atoms with van der Waals surface area (Å²) in [6, 6.07) is 2.23. The van der Waals surface area contributed by atoms with Gasteiger partial charge in [-0.1, -0.05) is 19.8 Å². The maximum Gasteiger partial charge on any atom is 0.0434 e. The first-order valence-corrected chi connectivity index (χ1v) is 9.41. The van der Waals surface area contributed by atoms with Crippen LogP contribution in [0.5, 0.6) is 0 Å². The molecule has 3 aliphatic rings. The highest BCUT2D eigenvalue weighted by Gasteiger charge is 2.38. The van der Waals surface area contributed by atoms with E-state index in [1.165, 1.54) is 64.5 Å². The molecule has 2 N–H and O–H groups in total. The molecule has 1 aliphatic heterocycles. The van der Waals surface area contributed by atoms with Crippen molar-refractivity contribution in [2.24, 2.45) is 11.8 Å². The van der Waals surface area contributed by atoms with Crippen molar-refractivity contribution in [3.8, 4) is 0 Å². The molecule has 3 rings (SSSR count). The van der Waals surface area contributed by atoms with Crippen LogP contribution in [0.1, 0.15) is 64.7 Å². The molecule has 3 fully saturated rings. The number of likely N-dealkylation sites (tertiary alicyclic amines) is 1. The lowest BCUT2D eigenvalue weighted by Crippen LogP contribution is -2.54. The van der Waals surface area contributed by atoms with Crippen molar-refractivity contribution in [3.05, 3.63) is 0 Å². The molecule has 0 aromatic carbocycles. The second-order valence-electron chi connectivity index (χ2n) is 7.73. The van der Waals surface area contributed by atoms with Gasteiger partial charge in [-0.3, -0.25) is 4.90 Å². The number of hydrogen-bond donors (Lipinski definition) is 2. The van der Waals surface area contributed by atoms with E-state index in [0.717, 1.165) is 24.4 Å². The fraction of sp³-hybridized carbons (Fsp3) is 1.00. The van der Waals surface area contributed by atoms with Crippen molar-refractivity contribution in [1.82, 2.24) is 10.2 Å². The molecule has 1 heterocycles. The third kappa shape index (κ3) is 4.20. The van der Waals surface area contributed by atoms with Crippen LogP contribution < -0.4 is 5.32 Å². The summed E-state index contributed by atoms with van der Waals surface area (Å²) in [6.45, 7) is 5.18. The predicted molar refractivity (Wildman–Crippen MR) is 87.4 cm³/mol. The highest BCUT2D eigenvalue weighted by atomic mass is 16.3. The van der Waals surface area contributed by atoms with Gasteiger partial charge in [0.05, 0.1) is 0 Å². The number of rotatable bonds is 7. The molecule has 0 aromatic rings. The molecule has 2 saturated carbocycles. The summed E-state index contributed by atoms with van der Waals surface area (Å²) in [6.07, 6.45) is 12.0. The largest absolute Gasteiger partial charge is 0.396 e. The number of aliphatic hydroxyl groups is 1. The average molecular weight is 294 g/mol. The van der Waals surface area contributed by atoms with Gasteiger partial charge in [0, 0.05) is 37.8 Å². The molecule has 2 aliphatic carbocycles. The topological polar surface area (TPSA) is 35.5 Å². The summed E-state index contributed by atoms with van der Waals surface area (Å²) in [7, 11) is 0. The lowest BCUT2D eigenvalue weighted by Gasteiger charge is -2.43. The Morgan fingerprint density at radius 2 is 1.86 bits per heavy atom. The van der Waals surface area contributed by atoms with Crippen LogP contribution in [0.3, 0.4) is 0 Å². The zero-order chi connectivity index (χ0) is 14.7. The van der Waals surface area contributed by atoms with Gasteiger partial charge >= 0.3 is 0 Å². The van der Waals surface area contributed by atoms with E-state index in [-0.39, 0.29) is 0 Å². The molecule has 3 atom stereocenters. The summed E-state index contributed by atoms with van der Waals surface area (Å²) in [4.78, 5) is 2.77. The van der Waals surface area contributed by atoms with Crippen LogP contribution in [0.25, 0.3) is 0 Å². The molecule has 3 unspecified atom stereocenters. The molecule has 0 amide bonds. The highest BCUT2D eigenvalue weighted by Crippen LogP contribution is 2.38. The molecule has 1 saturated heterocycles. The van der Waals surface area contributed by atoms with Gasteiger partial charge in [-0.2, -0.15) is 0 Å². The number of nitrogens with zero attached hydrogens (tertiary/aromatic N) is 1. The molecule has 0 aromatic heterocycles.